The van der Waals surface area contributed by atoms with Gasteiger partial charge >= 0.3 is 0 Å². The molecule has 4 heteroatoms. The Morgan fingerprint density at radius 3 is 2.70 bits per heavy atom. The van der Waals surface area contributed by atoms with Crippen molar-refractivity contribution in [1.29, 1.82) is 0 Å². The highest BCUT2D eigenvalue weighted by Gasteiger charge is 2.26. The first-order valence-corrected chi connectivity index (χ1v) is 7.80. The molecule has 0 bridgehead atoms. The van der Waals surface area contributed by atoms with Crippen LogP contribution in [0.1, 0.15) is 48.0 Å². The fourth-order valence-electron chi connectivity index (χ4n) is 2.91. The van der Waals surface area contributed by atoms with Crippen molar-refractivity contribution in [2.24, 2.45) is 0 Å². The Balaban J connectivity index is 2.23. The second-order valence-corrected chi connectivity index (χ2v) is 5.82. The third kappa shape index (κ3) is 3.51. The van der Waals surface area contributed by atoms with Crippen molar-refractivity contribution < 1.29 is 9.18 Å². The van der Waals surface area contributed by atoms with Gasteiger partial charge in [0.2, 0.25) is 0 Å². The average molecular weight is 298 g/mol. The summed E-state index contributed by atoms with van der Waals surface area (Å²) in [4.78, 5) is 14.5. The van der Waals surface area contributed by atoms with Crippen LogP contribution in [-0.2, 0) is 0 Å². The van der Waals surface area contributed by atoms with Gasteiger partial charge in [0.1, 0.15) is 5.82 Å². The zero-order valence-corrected chi connectivity index (χ0v) is 12.6. The lowest BCUT2D eigenvalue weighted by Crippen LogP contribution is -2.42. The zero-order valence-electron chi connectivity index (χ0n) is 11.9. The smallest absolute Gasteiger partial charge is 0.254 e. The minimum absolute atomic E-state index is 0.0884. The molecule has 1 saturated carbocycles. The summed E-state index contributed by atoms with van der Waals surface area (Å²) in [6.07, 6.45) is 5.59. The molecule has 0 unspecified atom stereocenters. The highest BCUT2D eigenvalue weighted by Crippen LogP contribution is 2.25. The molecular formula is C16H21ClFNO. The first-order chi connectivity index (χ1) is 9.63. The van der Waals surface area contributed by atoms with Crippen molar-refractivity contribution in [2.45, 2.75) is 45.1 Å². The number of halogens is 2. The van der Waals surface area contributed by atoms with Gasteiger partial charge in [-0.1, -0.05) is 25.3 Å². The fraction of sp³-hybridized carbons (Fsp3) is 0.562. The Labute approximate surface area is 124 Å². The van der Waals surface area contributed by atoms with E-state index in [0.717, 1.165) is 31.2 Å². The maximum atomic E-state index is 13.4. The van der Waals surface area contributed by atoms with E-state index in [1.54, 1.807) is 6.07 Å². The molecule has 20 heavy (non-hydrogen) atoms. The molecule has 0 N–H and O–H groups in total. The second kappa shape index (κ2) is 7.07. The SMILES string of the molecule is Cc1ccc(F)cc1C(=O)N(CCCl)C1CCCCC1. The van der Waals surface area contributed by atoms with E-state index in [1.165, 1.54) is 18.6 Å². The minimum atomic E-state index is -0.367. The highest BCUT2D eigenvalue weighted by molar-refractivity contribution is 6.18. The molecule has 0 spiro atoms. The summed E-state index contributed by atoms with van der Waals surface area (Å²) < 4.78 is 13.4. The molecule has 0 aromatic heterocycles. The maximum Gasteiger partial charge on any atom is 0.254 e. The van der Waals surface area contributed by atoms with Gasteiger partial charge in [-0.05, 0) is 37.5 Å². The third-order valence-corrected chi connectivity index (χ3v) is 4.20. The largest absolute Gasteiger partial charge is 0.334 e. The summed E-state index contributed by atoms with van der Waals surface area (Å²) in [6, 6.07) is 4.63. The lowest BCUT2D eigenvalue weighted by molar-refractivity contribution is 0.0648. The van der Waals surface area contributed by atoms with Crippen molar-refractivity contribution in [2.75, 3.05) is 12.4 Å². The number of hydrogen-bond donors (Lipinski definition) is 0. The Hall–Kier alpha value is -1.09. The van der Waals surface area contributed by atoms with E-state index in [-0.39, 0.29) is 17.8 Å². The molecule has 1 aliphatic carbocycles. The van der Waals surface area contributed by atoms with Crippen LogP contribution in [0.2, 0.25) is 0 Å². The predicted molar refractivity (Wildman–Crippen MR) is 79.8 cm³/mol. The topological polar surface area (TPSA) is 20.3 Å². The van der Waals surface area contributed by atoms with Gasteiger partial charge in [0.15, 0.2) is 0 Å². The molecule has 1 aliphatic rings. The summed E-state index contributed by atoms with van der Waals surface area (Å²) in [5.74, 6) is -0.0423. The molecule has 0 radical (unpaired) electrons. The van der Waals surface area contributed by atoms with Crippen LogP contribution in [0.5, 0.6) is 0 Å². The molecule has 0 heterocycles. The fourth-order valence-corrected chi connectivity index (χ4v) is 3.10. The third-order valence-electron chi connectivity index (χ3n) is 4.03. The second-order valence-electron chi connectivity index (χ2n) is 5.44. The molecule has 2 rings (SSSR count). The van der Waals surface area contributed by atoms with Gasteiger partial charge in [0.25, 0.3) is 5.91 Å². The summed E-state index contributed by atoms with van der Waals surface area (Å²) in [5.41, 5.74) is 1.27. The van der Waals surface area contributed by atoms with Crippen molar-refractivity contribution in [3.8, 4) is 0 Å². The lowest BCUT2D eigenvalue weighted by Gasteiger charge is -2.34. The molecule has 1 amide bonds. The number of carbonyl (C=O) groups is 1. The number of hydrogen-bond acceptors (Lipinski definition) is 1. The van der Waals surface area contributed by atoms with Crippen LogP contribution >= 0.6 is 11.6 Å². The van der Waals surface area contributed by atoms with E-state index in [4.69, 9.17) is 11.6 Å². The first-order valence-electron chi connectivity index (χ1n) is 7.26. The van der Waals surface area contributed by atoms with Gasteiger partial charge in [-0.2, -0.15) is 0 Å². The number of amides is 1. The number of rotatable bonds is 4. The van der Waals surface area contributed by atoms with Crippen LogP contribution in [0.25, 0.3) is 0 Å². The quantitative estimate of drug-likeness (QED) is 0.765. The highest BCUT2D eigenvalue weighted by atomic mass is 35.5. The van der Waals surface area contributed by atoms with Crippen molar-refractivity contribution >= 4 is 17.5 Å². The summed E-state index contributed by atoms with van der Waals surface area (Å²) in [7, 11) is 0. The van der Waals surface area contributed by atoms with Gasteiger partial charge in [0, 0.05) is 24.0 Å². The van der Waals surface area contributed by atoms with Crippen LogP contribution in [0.15, 0.2) is 18.2 Å². The predicted octanol–water partition coefficient (Wildman–Crippen LogP) is 4.15. The van der Waals surface area contributed by atoms with Gasteiger partial charge in [-0.3, -0.25) is 4.79 Å². The van der Waals surface area contributed by atoms with Crippen LogP contribution < -0.4 is 0 Å². The van der Waals surface area contributed by atoms with E-state index < -0.39 is 0 Å². The van der Waals surface area contributed by atoms with Crippen LogP contribution in [0.4, 0.5) is 4.39 Å². The van der Waals surface area contributed by atoms with E-state index in [9.17, 15) is 9.18 Å². The van der Waals surface area contributed by atoms with Crippen molar-refractivity contribution in [3.05, 3.63) is 35.1 Å². The first kappa shape index (κ1) is 15.3. The molecule has 110 valence electrons. The van der Waals surface area contributed by atoms with Crippen LogP contribution in [0.3, 0.4) is 0 Å². The number of nitrogens with zero attached hydrogens (tertiary/aromatic N) is 1. The van der Waals surface area contributed by atoms with Gasteiger partial charge in [0.05, 0.1) is 0 Å². The molecule has 1 aromatic carbocycles. The molecule has 1 fully saturated rings. The number of benzene rings is 1. The normalized spacial score (nSPS) is 16.1. The van der Waals surface area contributed by atoms with Gasteiger partial charge in [-0.15, -0.1) is 11.6 Å². The number of carbonyl (C=O) groups excluding carboxylic acids is 1. The summed E-state index contributed by atoms with van der Waals surface area (Å²) >= 11 is 5.85. The van der Waals surface area contributed by atoms with E-state index in [0.29, 0.717) is 18.0 Å². The molecular weight excluding hydrogens is 277 g/mol. The number of aryl methyl sites for hydroxylation is 1. The average Bonchev–Trinajstić information content (AvgIpc) is 2.47. The van der Waals surface area contributed by atoms with E-state index in [2.05, 4.69) is 0 Å². The van der Waals surface area contributed by atoms with Crippen LogP contribution in [0, 0.1) is 12.7 Å². The van der Waals surface area contributed by atoms with Gasteiger partial charge < -0.3 is 4.90 Å². The molecule has 1 aromatic rings. The maximum absolute atomic E-state index is 13.4. The minimum Gasteiger partial charge on any atom is -0.334 e. The standard InChI is InChI=1S/C16H21ClFNO/c1-12-7-8-13(18)11-15(12)16(20)19(10-9-17)14-5-3-2-4-6-14/h7-8,11,14H,2-6,9-10H2,1H3. The van der Waals surface area contributed by atoms with Gasteiger partial charge in [-0.25, -0.2) is 4.39 Å². The Morgan fingerprint density at radius 2 is 2.05 bits per heavy atom. The molecule has 2 nitrogen and oxygen atoms in total. The monoisotopic (exact) mass is 297 g/mol. The van der Waals surface area contributed by atoms with Crippen molar-refractivity contribution in [3.63, 3.8) is 0 Å². The Kier molecular flexibility index (Phi) is 5.41. The zero-order chi connectivity index (χ0) is 14.5. The summed E-state index contributed by atoms with van der Waals surface area (Å²) in [6.45, 7) is 2.37. The Morgan fingerprint density at radius 1 is 1.35 bits per heavy atom. The van der Waals surface area contributed by atoms with E-state index in [1.807, 2.05) is 11.8 Å². The summed E-state index contributed by atoms with van der Waals surface area (Å²) in [5, 5.41) is 0. The lowest BCUT2D eigenvalue weighted by atomic mass is 9.93. The van der Waals surface area contributed by atoms with E-state index >= 15 is 0 Å². The molecule has 0 atom stereocenters. The molecule has 0 aliphatic heterocycles. The van der Waals surface area contributed by atoms with Crippen molar-refractivity contribution in [1.82, 2.24) is 4.90 Å². The Bertz CT molecular complexity index is 472. The number of alkyl halides is 1. The molecule has 0 saturated heterocycles. The van der Waals surface area contributed by atoms with Crippen LogP contribution in [-0.4, -0.2) is 29.3 Å².